The number of para-hydroxylation sites is 1. The van der Waals surface area contributed by atoms with Crippen molar-refractivity contribution in [2.75, 3.05) is 0 Å². The van der Waals surface area contributed by atoms with Crippen molar-refractivity contribution in [3.05, 3.63) is 36.0 Å². The van der Waals surface area contributed by atoms with E-state index in [1.165, 1.54) is 11.5 Å². The summed E-state index contributed by atoms with van der Waals surface area (Å²) in [4.78, 5) is 24.8. The van der Waals surface area contributed by atoms with E-state index in [0.717, 1.165) is 5.52 Å². The van der Waals surface area contributed by atoms with Crippen LogP contribution in [0.25, 0.3) is 10.9 Å². The first-order valence-corrected chi connectivity index (χ1v) is 5.94. The van der Waals surface area contributed by atoms with Crippen LogP contribution >= 0.6 is 0 Å². The van der Waals surface area contributed by atoms with Crippen LogP contribution in [-0.4, -0.2) is 34.2 Å². The topological polar surface area (TPSA) is 82.2 Å². The van der Waals surface area contributed by atoms with Crippen LogP contribution in [-0.2, 0) is 16.0 Å². The van der Waals surface area contributed by atoms with Gasteiger partial charge in [0.1, 0.15) is 6.04 Å². The molecule has 1 heterocycles. The molecule has 1 aromatic heterocycles. The van der Waals surface area contributed by atoms with Gasteiger partial charge in [0.15, 0.2) is 0 Å². The number of hydrogen-bond acceptors (Lipinski definition) is 2. The van der Waals surface area contributed by atoms with Crippen molar-refractivity contribution < 1.29 is 27.9 Å². The molecule has 1 amide bonds. The number of aromatic nitrogens is 1. The number of hydrogen-bond donors (Lipinski definition) is 3. The van der Waals surface area contributed by atoms with Gasteiger partial charge in [-0.25, -0.2) is 4.79 Å². The molecule has 0 bridgehead atoms. The summed E-state index contributed by atoms with van der Waals surface area (Å²) in [5.74, 6) is -3.80. The van der Waals surface area contributed by atoms with E-state index in [9.17, 15) is 22.8 Å². The minimum atomic E-state index is -5.12. The first kappa shape index (κ1) is 14.9. The van der Waals surface area contributed by atoms with Crippen molar-refractivity contribution in [1.82, 2.24) is 10.3 Å². The molecule has 21 heavy (non-hydrogen) atoms. The number of benzene rings is 1. The van der Waals surface area contributed by atoms with Gasteiger partial charge >= 0.3 is 18.1 Å². The van der Waals surface area contributed by atoms with Gasteiger partial charge in [-0.3, -0.25) is 4.79 Å². The Hall–Kier alpha value is -2.51. The first-order valence-electron chi connectivity index (χ1n) is 5.94. The van der Waals surface area contributed by atoms with Crippen molar-refractivity contribution in [1.29, 1.82) is 0 Å². The fraction of sp³-hybridized carbons (Fsp3) is 0.231. The quantitative estimate of drug-likeness (QED) is 0.806. The summed E-state index contributed by atoms with van der Waals surface area (Å²) >= 11 is 0. The summed E-state index contributed by atoms with van der Waals surface area (Å²) in [6.07, 6.45) is -3.85. The zero-order chi connectivity index (χ0) is 15.6. The van der Waals surface area contributed by atoms with Crippen LogP contribution in [0, 0.1) is 0 Å². The minimum absolute atomic E-state index is 0.249. The number of aromatic amines is 1. The van der Waals surface area contributed by atoms with E-state index in [4.69, 9.17) is 5.11 Å². The number of halogens is 3. The van der Waals surface area contributed by atoms with Crippen LogP contribution in [0.1, 0.15) is 5.56 Å². The van der Waals surface area contributed by atoms with E-state index in [1.54, 1.807) is 24.3 Å². The molecule has 1 atom stereocenters. The average Bonchev–Trinajstić information content (AvgIpc) is 2.80. The largest absolute Gasteiger partial charge is 0.480 e. The number of amides is 1. The lowest BCUT2D eigenvalue weighted by molar-refractivity contribution is -0.175. The number of nitrogens with one attached hydrogen (secondary N) is 2. The van der Waals surface area contributed by atoms with E-state index < -0.39 is 24.1 Å². The van der Waals surface area contributed by atoms with Gasteiger partial charge in [-0.15, -0.1) is 0 Å². The summed E-state index contributed by atoms with van der Waals surface area (Å²) in [7, 11) is 0. The molecule has 112 valence electrons. The van der Waals surface area contributed by atoms with Gasteiger partial charge in [-0.2, -0.15) is 13.2 Å². The van der Waals surface area contributed by atoms with E-state index in [0.29, 0.717) is 10.9 Å². The fourth-order valence-electron chi connectivity index (χ4n) is 1.96. The van der Waals surface area contributed by atoms with E-state index in [1.807, 2.05) is 0 Å². The predicted molar refractivity (Wildman–Crippen MR) is 67.6 cm³/mol. The lowest BCUT2D eigenvalue weighted by Gasteiger charge is -2.15. The molecule has 0 radical (unpaired) electrons. The summed E-state index contributed by atoms with van der Waals surface area (Å²) in [5.41, 5.74) is 1.25. The summed E-state index contributed by atoms with van der Waals surface area (Å²) in [6.45, 7) is 0. The highest BCUT2D eigenvalue weighted by Crippen LogP contribution is 2.20. The Morgan fingerprint density at radius 1 is 1.29 bits per heavy atom. The van der Waals surface area contributed by atoms with Crippen LogP contribution in [0.2, 0.25) is 0 Å². The molecular formula is C13H11F3N2O3. The van der Waals surface area contributed by atoms with Gasteiger partial charge in [0.25, 0.3) is 0 Å². The molecule has 2 aromatic rings. The third kappa shape index (κ3) is 3.33. The van der Waals surface area contributed by atoms with Crippen molar-refractivity contribution in [3.8, 4) is 0 Å². The molecule has 1 aromatic carbocycles. The Kier molecular flexibility index (Phi) is 3.88. The maximum absolute atomic E-state index is 12.2. The number of H-pyrrole nitrogens is 1. The number of carboxylic acid groups (broad SMARTS) is 1. The molecule has 0 aliphatic heterocycles. The second-order valence-corrected chi connectivity index (χ2v) is 4.43. The normalized spacial score (nSPS) is 13.1. The molecular weight excluding hydrogens is 289 g/mol. The number of carboxylic acids is 1. The fourth-order valence-corrected chi connectivity index (χ4v) is 1.96. The average molecular weight is 300 g/mol. The second-order valence-electron chi connectivity index (χ2n) is 4.43. The SMILES string of the molecule is O=C(O)[C@H](Cc1c[nH]c2ccccc12)NC(=O)C(F)(F)F. The van der Waals surface area contributed by atoms with Crippen molar-refractivity contribution >= 4 is 22.8 Å². The van der Waals surface area contributed by atoms with Gasteiger partial charge < -0.3 is 15.4 Å². The third-order valence-corrected chi connectivity index (χ3v) is 2.96. The van der Waals surface area contributed by atoms with E-state index >= 15 is 0 Å². The second kappa shape index (κ2) is 5.47. The molecule has 0 unspecified atom stereocenters. The Labute approximate surface area is 116 Å². The Morgan fingerprint density at radius 3 is 2.57 bits per heavy atom. The monoisotopic (exact) mass is 300 g/mol. The summed E-state index contributed by atoms with van der Waals surface area (Å²) in [5, 5.41) is 11.1. The lowest BCUT2D eigenvalue weighted by Crippen LogP contribution is -2.47. The third-order valence-electron chi connectivity index (χ3n) is 2.96. The number of fused-ring (bicyclic) bond motifs is 1. The molecule has 0 aliphatic rings. The van der Waals surface area contributed by atoms with Gasteiger partial charge in [-0.05, 0) is 11.6 Å². The van der Waals surface area contributed by atoms with Crippen LogP contribution in [0.5, 0.6) is 0 Å². The molecule has 0 saturated carbocycles. The summed E-state index contributed by atoms with van der Waals surface area (Å²) in [6, 6.07) is 5.31. The van der Waals surface area contributed by atoms with Crippen LogP contribution < -0.4 is 5.32 Å². The first-order chi connectivity index (χ1) is 9.79. The molecule has 0 spiro atoms. The number of carbonyl (C=O) groups is 2. The highest BCUT2D eigenvalue weighted by molar-refractivity contribution is 5.88. The van der Waals surface area contributed by atoms with E-state index in [-0.39, 0.29) is 6.42 Å². The van der Waals surface area contributed by atoms with Crippen LogP contribution in [0.3, 0.4) is 0 Å². The van der Waals surface area contributed by atoms with Crippen LogP contribution in [0.15, 0.2) is 30.5 Å². The number of alkyl halides is 3. The molecule has 0 saturated heterocycles. The predicted octanol–water partition coefficient (Wildman–Crippen LogP) is 1.84. The molecule has 5 nitrogen and oxygen atoms in total. The van der Waals surface area contributed by atoms with Gasteiger partial charge in [0, 0.05) is 23.5 Å². The van der Waals surface area contributed by atoms with Crippen molar-refractivity contribution in [2.24, 2.45) is 0 Å². The number of rotatable bonds is 4. The molecule has 8 heteroatoms. The molecule has 0 aliphatic carbocycles. The molecule has 0 fully saturated rings. The van der Waals surface area contributed by atoms with Gasteiger partial charge in [0.05, 0.1) is 0 Å². The van der Waals surface area contributed by atoms with Crippen molar-refractivity contribution in [3.63, 3.8) is 0 Å². The minimum Gasteiger partial charge on any atom is -0.480 e. The summed E-state index contributed by atoms with van der Waals surface area (Å²) < 4.78 is 36.6. The van der Waals surface area contributed by atoms with Gasteiger partial charge in [-0.1, -0.05) is 18.2 Å². The van der Waals surface area contributed by atoms with Crippen molar-refractivity contribution in [2.45, 2.75) is 18.6 Å². The maximum Gasteiger partial charge on any atom is 0.471 e. The Morgan fingerprint density at radius 2 is 1.95 bits per heavy atom. The molecule has 3 N–H and O–H groups in total. The molecule has 2 rings (SSSR count). The Balaban J connectivity index is 2.21. The highest BCUT2D eigenvalue weighted by Gasteiger charge is 2.40. The van der Waals surface area contributed by atoms with Gasteiger partial charge in [0.2, 0.25) is 0 Å². The zero-order valence-corrected chi connectivity index (χ0v) is 10.6. The number of carbonyl (C=O) groups excluding carboxylic acids is 1. The smallest absolute Gasteiger partial charge is 0.471 e. The highest BCUT2D eigenvalue weighted by atomic mass is 19.4. The Bertz CT molecular complexity index is 679. The number of aliphatic carboxylic acids is 1. The zero-order valence-electron chi connectivity index (χ0n) is 10.6. The standard InChI is InChI=1S/C13H11F3N2O3/c14-13(15,16)12(21)18-10(11(19)20)5-7-6-17-9-4-2-1-3-8(7)9/h1-4,6,10,17H,5H2,(H,18,21)(H,19,20)/t10-/m0/s1. The van der Waals surface area contributed by atoms with E-state index in [2.05, 4.69) is 4.98 Å². The maximum atomic E-state index is 12.2. The lowest BCUT2D eigenvalue weighted by atomic mass is 10.0. The van der Waals surface area contributed by atoms with Crippen LogP contribution in [0.4, 0.5) is 13.2 Å².